The Morgan fingerprint density at radius 2 is 2.11 bits per heavy atom. The van der Waals surface area contributed by atoms with Crippen LogP contribution in [0.2, 0.25) is 0 Å². The lowest BCUT2D eigenvalue weighted by Crippen LogP contribution is -2.45. The molecule has 1 aliphatic heterocycles. The fraction of sp³-hybridized carbons (Fsp3) is 0.933. The van der Waals surface area contributed by atoms with E-state index in [4.69, 9.17) is 5.73 Å². The highest BCUT2D eigenvalue weighted by molar-refractivity contribution is 5.80. The van der Waals surface area contributed by atoms with Crippen molar-refractivity contribution in [2.24, 2.45) is 23.0 Å². The van der Waals surface area contributed by atoms with Crippen LogP contribution in [-0.4, -0.2) is 30.4 Å². The third-order valence-corrected chi connectivity index (χ3v) is 4.96. The van der Waals surface area contributed by atoms with Crippen molar-refractivity contribution >= 4 is 5.91 Å². The zero-order valence-corrected chi connectivity index (χ0v) is 12.0. The van der Waals surface area contributed by atoms with Gasteiger partial charge in [-0.2, -0.15) is 0 Å². The second-order valence-electron chi connectivity index (χ2n) is 6.80. The van der Waals surface area contributed by atoms with Gasteiger partial charge in [-0.15, -0.1) is 0 Å². The Morgan fingerprint density at radius 1 is 1.33 bits per heavy atom. The number of hydrogen-bond acceptors (Lipinski definition) is 2. The number of hydrogen-bond donors (Lipinski definition) is 1. The molecule has 1 heterocycles. The van der Waals surface area contributed by atoms with Crippen molar-refractivity contribution in [1.82, 2.24) is 4.90 Å². The summed E-state index contributed by atoms with van der Waals surface area (Å²) in [6.45, 7) is 7.17. The van der Waals surface area contributed by atoms with Gasteiger partial charge in [-0.05, 0) is 50.0 Å². The molecule has 1 saturated heterocycles. The minimum Gasteiger partial charge on any atom is -0.342 e. The summed E-state index contributed by atoms with van der Waals surface area (Å²) in [4.78, 5) is 14.8. The van der Waals surface area contributed by atoms with Crippen LogP contribution >= 0.6 is 0 Å². The molecule has 0 aromatic heterocycles. The minimum absolute atomic E-state index is 0.206. The molecule has 0 aromatic carbocycles. The summed E-state index contributed by atoms with van der Waals surface area (Å²) in [5, 5.41) is 0. The Bertz CT molecular complexity index is 299. The highest BCUT2D eigenvalue weighted by atomic mass is 16.2. The van der Waals surface area contributed by atoms with E-state index in [1.807, 2.05) is 0 Å². The fourth-order valence-corrected chi connectivity index (χ4v) is 3.74. The first kappa shape index (κ1) is 13.9. The standard InChI is InChI=1S/C15H28N2O/c1-15(2)8-3-6-13(15)14(18)17-10-4-5-12(11-17)7-9-16/h12-13H,3-11,16H2,1-2H3. The van der Waals surface area contributed by atoms with Crippen LogP contribution in [0.4, 0.5) is 0 Å². The molecular formula is C15H28N2O. The van der Waals surface area contributed by atoms with Gasteiger partial charge >= 0.3 is 0 Å². The normalized spacial score (nSPS) is 31.6. The van der Waals surface area contributed by atoms with Crippen LogP contribution in [0, 0.1) is 17.3 Å². The summed E-state index contributed by atoms with van der Waals surface area (Å²) in [5.74, 6) is 1.31. The quantitative estimate of drug-likeness (QED) is 0.838. The summed E-state index contributed by atoms with van der Waals surface area (Å²) < 4.78 is 0. The number of nitrogens with zero attached hydrogens (tertiary/aromatic N) is 1. The summed E-state index contributed by atoms with van der Waals surface area (Å²) >= 11 is 0. The molecule has 2 atom stereocenters. The monoisotopic (exact) mass is 252 g/mol. The molecule has 3 nitrogen and oxygen atoms in total. The number of amides is 1. The molecule has 2 unspecified atom stereocenters. The van der Waals surface area contributed by atoms with Gasteiger partial charge in [0, 0.05) is 19.0 Å². The second-order valence-corrected chi connectivity index (χ2v) is 6.80. The van der Waals surface area contributed by atoms with Gasteiger partial charge in [0.1, 0.15) is 0 Å². The maximum Gasteiger partial charge on any atom is 0.226 e. The first-order chi connectivity index (χ1) is 8.54. The molecule has 1 aliphatic carbocycles. The molecule has 2 N–H and O–H groups in total. The molecule has 0 radical (unpaired) electrons. The molecule has 0 spiro atoms. The molecule has 1 amide bonds. The Labute approximate surface area is 111 Å². The topological polar surface area (TPSA) is 46.3 Å². The van der Waals surface area contributed by atoms with E-state index in [0.717, 1.165) is 38.9 Å². The average molecular weight is 252 g/mol. The van der Waals surface area contributed by atoms with Crippen molar-refractivity contribution in [1.29, 1.82) is 0 Å². The average Bonchev–Trinajstić information content (AvgIpc) is 2.69. The van der Waals surface area contributed by atoms with Gasteiger partial charge in [0.2, 0.25) is 5.91 Å². The highest BCUT2D eigenvalue weighted by Gasteiger charge is 2.41. The zero-order valence-electron chi connectivity index (χ0n) is 12.0. The molecule has 0 bridgehead atoms. The van der Waals surface area contributed by atoms with Gasteiger partial charge in [-0.3, -0.25) is 4.79 Å². The Kier molecular flexibility index (Phi) is 4.31. The van der Waals surface area contributed by atoms with Crippen molar-refractivity contribution in [2.75, 3.05) is 19.6 Å². The van der Waals surface area contributed by atoms with Crippen LogP contribution in [0.25, 0.3) is 0 Å². The van der Waals surface area contributed by atoms with E-state index in [0.29, 0.717) is 11.8 Å². The van der Waals surface area contributed by atoms with E-state index >= 15 is 0 Å². The van der Waals surface area contributed by atoms with Crippen molar-refractivity contribution in [3.63, 3.8) is 0 Å². The highest BCUT2D eigenvalue weighted by Crippen LogP contribution is 2.43. The maximum atomic E-state index is 12.7. The molecule has 104 valence electrons. The first-order valence-corrected chi connectivity index (χ1v) is 7.53. The van der Waals surface area contributed by atoms with Crippen LogP contribution in [0.3, 0.4) is 0 Å². The number of carbonyl (C=O) groups excluding carboxylic acids is 1. The van der Waals surface area contributed by atoms with Crippen LogP contribution in [0.15, 0.2) is 0 Å². The summed E-state index contributed by atoms with van der Waals surface area (Å²) in [6, 6.07) is 0. The van der Waals surface area contributed by atoms with E-state index in [-0.39, 0.29) is 11.3 Å². The van der Waals surface area contributed by atoms with Gasteiger partial charge in [-0.25, -0.2) is 0 Å². The maximum absolute atomic E-state index is 12.7. The van der Waals surface area contributed by atoms with Crippen LogP contribution in [0.5, 0.6) is 0 Å². The Morgan fingerprint density at radius 3 is 2.72 bits per heavy atom. The third kappa shape index (κ3) is 2.87. The lowest BCUT2D eigenvalue weighted by Gasteiger charge is -2.37. The first-order valence-electron chi connectivity index (χ1n) is 7.53. The lowest BCUT2D eigenvalue weighted by atomic mass is 9.80. The van der Waals surface area contributed by atoms with Gasteiger partial charge in [-0.1, -0.05) is 20.3 Å². The number of nitrogens with two attached hydrogens (primary N) is 1. The van der Waals surface area contributed by atoms with Crippen LogP contribution in [-0.2, 0) is 4.79 Å². The molecule has 2 rings (SSSR count). The van der Waals surface area contributed by atoms with Crippen LogP contribution < -0.4 is 5.73 Å². The van der Waals surface area contributed by atoms with Gasteiger partial charge < -0.3 is 10.6 Å². The number of rotatable bonds is 3. The van der Waals surface area contributed by atoms with Crippen molar-refractivity contribution in [3.05, 3.63) is 0 Å². The fourth-order valence-electron chi connectivity index (χ4n) is 3.74. The Hall–Kier alpha value is -0.570. The smallest absolute Gasteiger partial charge is 0.226 e. The van der Waals surface area contributed by atoms with Crippen molar-refractivity contribution < 1.29 is 4.79 Å². The molecule has 18 heavy (non-hydrogen) atoms. The Balaban J connectivity index is 1.96. The molecule has 0 aromatic rings. The summed E-state index contributed by atoms with van der Waals surface area (Å²) in [6.07, 6.45) is 6.97. The number of piperidine rings is 1. The molecule has 1 saturated carbocycles. The molecule has 3 heteroatoms. The largest absolute Gasteiger partial charge is 0.342 e. The summed E-state index contributed by atoms with van der Waals surface area (Å²) in [7, 11) is 0. The van der Waals surface area contributed by atoms with Gasteiger partial charge in [0.15, 0.2) is 0 Å². The predicted octanol–water partition coefficient (Wildman–Crippen LogP) is 2.40. The molecule has 2 aliphatic rings. The second kappa shape index (κ2) is 5.60. The van der Waals surface area contributed by atoms with Crippen molar-refractivity contribution in [2.45, 2.75) is 52.4 Å². The van der Waals surface area contributed by atoms with E-state index in [1.54, 1.807) is 0 Å². The van der Waals surface area contributed by atoms with E-state index < -0.39 is 0 Å². The van der Waals surface area contributed by atoms with E-state index in [1.165, 1.54) is 19.3 Å². The van der Waals surface area contributed by atoms with Crippen molar-refractivity contribution in [3.8, 4) is 0 Å². The number of likely N-dealkylation sites (tertiary alicyclic amines) is 1. The van der Waals surface area contributed by atoms with Gasteiger partial charge in [0.05, 0.1) is 0 Å². The SMILES string of the molecule is CC1(C)CCCC1C(=O)N1CCCC(CCN)C1. The number of carbonyl (C=O) groups is 1. The van der Waals surface area contributed by atoms with Gasteiger partial charge in [0.25, 0.3) is 0 Å². The van der Waals surface area contributed by atoms with E-state index in [9.17, 15) is 4.79 Å². The third-order valence-electron chi connectivity index (χ3n) is 4.96. The predicted molar refractivity (Wildman–Crippen MR) is 74.1 cm³/mol. The lowest BCUT2D eigenvalue weighted by molar-refractivity contribution is -0.140. The zero-order chi connectivity index (χ0) is 13.2. The molecular weight excluding hydrogens is 224 g/mol. The molecule has 2 fully saturated rings. The summed E-state index contributed by atoms with van der Waals surface area (Å²) in [5.41, 5.74) is 5.85. The van der Waals surface area contributed by atoms with Crippen LogP contribution in [0.1, 0.15) is 52.4 Å². The van der Waals surface area contributed by atoms with E-state index in [2.05, 4.69) is 18.7 Å². The minimum atomic E-state index is 0.206.